The van der Waals surface area contributed by atoms with Crippen molar-refractivity contribution in [2.45, 2.75) is 45.1 Å². The van der Waals surface area contributed by atoms with E-state index in [4.69, 9.17) is 0 Å². The van der Waals surface area contributed by atoms with Crippen molar-refractivity contribution < 1.29 is 4.79 Å². The molecule has 5 nitrogen and oxygen atoms in total. The number of nitrogens with one attached hydrogen (secondary N) is 2. The molecule has 1 saturated carbocycles. The number of nitrogens with zero attached hydrogens (tertiary/aromatic N) is 2. The molecular formula is C14H25ClN4O. The lowest BCUT2D eigenvalue weighted by atomic mass is 10.1. The number of aromatic nitrogens is 2. The van der Waals surface area contributed by atoms with Crippen LogP contribution in [0, 0.1) is 0 Å². The molecule has 0 aromatic carbocycles. The fraction of sp³-hybridized carbons (Fsp3) is 0.714. The first-order chi connectivity index (χ1) is 8.93. The second kappa shape index (κ2) is 6.59. The molecule has 1 aromatic heterocycles. The van der Waals surface area contributed by atoms with Gasteiger partial charge in [0.2, 0.25) is 0 Å². The minimum absolute atomic E-state index is 0. The molecule has 0 aliphatic heterocycles. The van der Waals surface area contributed by atoms with Crippen LogP contribution in [-0.4, -0.2) is 35.8 Å². The Balaban J connectivity index is 0.00000200. The Kier molecular flexibility index (Phi) is 5.59. The summed E-state index contributed by atoms with van der Waals surface area (Å²) in [6.07, 6.45) is 2.42. The summed E-state index contributed by atoms with van der Waals surface area (Å²) in [6, 6.07) is 1.96. The van der Waals surface area contributed by atoms with E-state index >= 15 is 0 Å². The minimum Gasteiger partial charge on any atom is -0.349 e. The monoisotopic (exact) mass is 300 g/mol. The Labute approximate surface area is 126 Å². The van der Waals surface area contributed by atoms with E-state index in [1.54, 1.807) is 0 Å². The number of likely N-dealkylation sites (N-methyl/N-ethyl adjacent to an activating group) is 1. The van der Waals surface area contributed by atoms with Gasteiger partial charge in [-0.15, -0.1) is 12.4 Å². The van der Waals surface area contributed by atoms with E-state index in [-0.39, 0.29) is 23.9 Å². The molecule has 1 heterocycles. The highest BCUT2D eigenvalue weighted by Crippen LogP contribution is 2.41. The van der Waals surface area contributed by atoms with Gasteiger partial charge in [-0.2, -0.15) is 5.10 Å². The lowest BCUT2D eigenvalue weighted by molar-refractivity contribution is 0.0947. The average molecular weight is 301 g/mol. The van der Waals surface area contributed by atoms with Crippen molar-refractivity contribution in [3.05, 3.63) is 17.5 Å². The van der Waals surface area contributed by atoms with Crippen LogP contribution in [0.5, 0.6) is 0 Å². The van der Waals surface area contributed by atoms with Gasteiger partial charge in [-0.25, -0.2) is 0 Å². The number of hydrogen-bond acceptors (Lipinski definition) is 3. The van der Waals surface area contributed by atoms with Crippen molar-refractivity contribution in [2.75, 3.05) is 20.1 Å². The van der Waals surface area contributed by atoms with E-state index in [1.807, 2.05) is 17.8 Å². The molecule has 0 bridgehead atoms. The van der Waals surface area contributed by atoms with Gasteiger partial charge in [-0.1, -0.05) is 0 Å². The third kappa shape index (κ3) is 3.96. The van der Waals surface area contributed by atoms with Crippen LogP contribution in [0.15, 0.2) is 6.07 Å². The molecule has 1 aromatic rings. The summed E-state index contributed by atoms with van der Waals surface area (Å²) >= 11 is 0. The highest BCUT2D eigenvalue weighted by atomic mass is 35.5. The van der Waals surface area contributed by atoms with E-state index < -0.39 is 0 Å². The second-order valence-corrected chi connectivity index (χ2v) is 6.17. The molecule has 114 valence electrons. The third-order valence-corrected chi connectivity index (χ3v) is 3.26. The molecule has 1 amide bonds. The molecule has 0 spiro atoms. The summed E-state index contributed by atoms with van der Waals surface area (Å²) in [4.78, 5) is 12.0. The van der Waals surface area contributed by atoms with Gasteiger partial charge in [-0.3, -0.25) is 9.48 Å². The number of amides is 1. The van der Waals surface area contributed by atoms with Crippen LogP contribution >= 0.6 is 12.4 Å². The smallest absolute Gasteiger partial charge is 0.271 e. The molecule has 6 heteroatoms. The molecule has 1 aliphatic carbocycles. The minimum atomic E-state index is -0.0832. The number of hydrogen-bond donors (Lipinski definition) is 2. The maximum atomic E-state index is 12.0. The van der Waals surface area contributed by atoms with Crippen LogP contribution in [0.3, 0.4) is 0 Å². The first-order valence-electron chi connectivity index (χ1n) is 6.96. The number of carbonyl (C=O) groups is 1. The highest BCUT2D eigenvalue weighted by Gasteiger charge is 2.32. The Morgan fingerprint density at radius 1 is 1.40 bits per heavy atom. The van der Waals surface area contributed by atoms with Crippen molar-refractivity contribution in [3.8, 4) is 0 Å². The zero-order valence-electron chi connectivity index (χ0n) is 12.7. The van der Waals surface area contributed by atoms with Crippen molar-refractivity contribution in [3.63, 3.8) is 0 Å². The van der Waals surface area contributed by atoms with Gasteiger partial charge in [0.05, 0.1) is 5.54 Å². The van der Waals surface area contributed by atoms with Gasteiger partial charge in [-0.05, 0) is 46.7 Å². The van der Waals surface area contributed by atoms with Crippen LogP contribution in [0.1, 0.15) is 55.7 Å². The molecule has 2 N–H and O–H groups in total. The standard InChI is InChI=1S/C14H24N4O.ClH/c1-14(2,3)18-12(10-5-6-10)9-11(17-18)13(19)16-8-7-15-4;/h9-10,15H,5-8H2,1-4H3,(H,16,19);1H. The predicted octanol–water partition coefficient (Wildman–Crippen LogP) is 1.89. The van der Waals surface area contributed by atoms with E-state index in [0.717, 1.165) is 6.54 Å². The Hall–Kier alpha value is -1.07. The van der Waals surface area contributed by atoms with Crippen molar-refractivity contribution >= 4 is 18.3 Å². The summed E-state index contributed by atoms with van der Waals surface area (Å²) in [5.74, 6) is 0.505. The summed E-state index contributed by atoms with van der Waals surface area (Å²) in [5.41, 5.74) is 1.65. The van der Waals surface area contributed by atoms with E-state index in [1.165, 1.54) is 18.5 Å². The van der Waals surface area contributed by atoms with Gasteiger partial charge in [0.15, 0.2) is 0 Å². The fourth-order valence-electron chi connectivity index (χ4n) is 2.11. The largest absolute Gasteiger partial charge is 0.349 e. The lowest BCUT2D eigenvalue weighted by Crippen LogP contribution is -2.31. The van der Waals surface area contributed by atoms with Crippen molar-refractivity contribution in [2.24, 2.45) is 0 Å². The quantitative estimate of drug-likeness (QED) is 0.817. The first kappa shape index (κ1) is 17.0. The molecule has 20 heavy (non-hydrogen) atoms. The molecular weight excluding hydrogens is 276 g/mol. The maximum absolute atomic E-state index is 12.0. The van der Waals surface area contributed by atoms with Crippen LogP contribution in [-0.2, 0) is 5.54 Å². The second-order valence-electron chi connectivity index (χ2n) is 6.17. The molecule has 0 unspecified atom stereocenters. The van der Waals surface area contributed by atoms with Gasteiger partial charge in [0.1, 0.15) is 5.69 Å². The summed E-state index contributed by atoms with van der Waals surface area (Å²) < 4.78 is 2.01. The van der Waals surface area contributed by atoms with Gasteiger partial charge >= 0.3 is 0 Å². The molecule has 1 fully saturated rings. The van der Waals surface area contributed by atoms with Crippen molar-refractivity contribution in [1.29, 1.82) is 0 Å². The predicted molar refractivity (Wildman–Crippen MR) is 82.7 cm³/mol. The lowest BCUT2D eigenvalue weighted by Gasteiger charge is -2.22. The van der Waals surface area contributed by atoms with Crippen LogP contribution in [0.2, 0.25) is 0 Å². The first-order valence-corrected chi connectivity index (χ1v) is 6.96. The highest BCUT2D eigenvalue weighted by molar-refractivity contribution is 5.92. The fourth-order valence-corrected chi connectivity index (χ4v) is 2.11. The molecule has 0 atom stereocenters. The van der Waals surface area contributed by atoms with E-state index in [2.05, 4.69) is 36.5 Å². The average Bonchev–Trinajstić information content (AvgIpc) is 3.06. The number of rotatable bonds is 5. The van der Waals surface area contributed by atoms with Gasteiger partial charge in [0, 0.05) is 24.7 Å². The molecule has 0 radical (unpaired) electrons. The number of halogens is 1. The number of carbonyl (C=O) groups excluding carboxylic acids is 1. The van der Waals surface area contributed by atoms with E-state index in [9.17, 15) is 4.79 Å². The van der Waals surface area contributed by atoms with Crippen LogP contribution in [0.4, 0.5) is 0 Å². The molecule has 2 rings (SSSR count). The third-order valence-electron chi connectivity index (χ3n) is 3.26. The summed E-state index contributed by atoms with van der Waals surface area (Å²) in [5, 5.41) is 10.4. The SMILES string of the molecule is CNCCNC(=O)c1cc(C2CC2)n(C(C)(C)C)n1.Cl. The maximum Gasteiger partial charge on any atom is 0.271 e. The summed E-state index contributed by atoms with van der Waals surface area (Å²) in [6.45, 7) is 7.75. The Morgan fingerprint density at radius 3 is 2.55 bits per heavy atom. The summed E-state index contributed by atoms with van der Waals surface area (Å²) in [7, 11) is 1.87. The zero-order chi connectivity index (χ0) is 14.0. The zero-order valence-corrected chi connectivity index (χ0v) is 13.5. The topological polar surface area (TPSA) is 58.9 Å². The molecule has 1 aliphatic rings. The Morgan fingerprint density at radius 2 is 2.05 bits per heavy atom. The molecule has 0 saturated heterocycles. The van der Waals surface area contributed by atoms with Crippen LogP contribution in [0.25, 0.3) is 0 Å². The Bertz CT molecular complexity index is 460. The van der Waals surface area contributed by atoms with Gasteiger partial charge in [0.25, 0.3) is 5.91 Å². The van der Waals surface area contributed by atoms with E-state index in [0.29, 0.717) is 18.2 Å². The normalized spacial score (nSPS) is 14.8. The van der Waals surface area contributed by atoms with Crippen LogP contribution < -0.4 is 10.6 Å². The van der Waals surface area contributed by atoms with Crippen molar-refractivity contribution in [1.82, 2.24) is 20.4 Å². The van der Waals surface area contributed by atoms with Gasteiger partial charge < -0.3 is 10.6 Å².